The first kappa shape index (κ1) is 12.8. The minimum Gasteiger partial charge on any atom is -0.205 e. The molecule has 0 aliphatic carbocycles. The number of halogens is 2. The van der Waals surface area contributed by atoms with Crippen LogP contribution in [0.1, 0.15) is 12.0 Å². The van der Waals surface area contributed by atoms with E-state index in [4.69, 9.17) is 0 Å². The Morgan fingerprint density at radius 1 is 0.522 bits per heavy atom. The van der Waals surface area contributed by atoms with Crippen LogP contribution in [-0.4, -0.2) is 0 Å². The van der Waals surface area contributed by atoms with Gasteiger partial charge in [-0.25, -0.2) is 8.78 Å². The van der Waals surface area contributed by atoms with Gasteiger partial charge in [-0.15, -0.1) is 0 Å². The van der Waals surface area contributed by atoms with Gasteiger partial charge in [-0.2, -0.15) is 0 Å². The summed E-state index contributed by atoms with van der Waals surface area (Å²) >= 11 is 0. The maximum Gasteiger partial charge on any atom is 0.264 e. The molecule has 0 aliphatic rings. The van der Waals surface area contributed by atoms with E-state index in [1.807, 2.05) is 48.5 Å². The van der Waals surface area contributed by atoms with Crippen LogP contribution in [0, 0.1) is 0 Å². The van der Waals surface area contributed by atoms with Crippen LogP contribution < -0.4 is 0 Å². The molecule has 5 rings (SSSR count). The van der Waals surface area contributed by atoms with Gasteiger partial charge in [0.15, 0.2) is 0 Å². The number of benzene rings is 5. The molecule has 0 bridgehead atoms. The first-order valence-electron chi connectivity index (χ1n) is 7.62. The number of hydrogen-bond acceptors (Lipinski definition) is 0. The molecular formula is C21H12F2. The first-order chi connectivity index (χ1) is 11.3. The molecule has 0 aromatic heterocycles. The van der Waals surface area contributed by atoms with E-state index in [9.17, 15) is 8.78 Å². The van der Waals surface area contributed by atoms with Gasteiger partial charge in [-0.1, -0.05) is 66.7 Å². The molecule has 23 heavy (non-hydrogen) atoms. The zero-order chi connectivity index (χ0) is 15.6. The quantitative estimate of drug-likeness (QED) is 0.239. The lowest BCUT2D eigenvalue weighted by Crippen LogP contribution is -1.92. The molecule has 0 unspecified atom stereocenters. The molecule has 0 saturated carbocycles. The normalized spacial score (nSPS) is 12.3. The Bertz CT molecular complexity index is 1190. The van der Waals surface area contributed by atoms with Gasteiger partial charge < -0.3 is 0 Å². The van der Waals surface area contributed by atoms with Crippen LogP contribution >= 0.6 is 0 Å². The molecule has 0 aliphatic heterocycles. The smallest absolute Gasteiger partial charge is 0.205 e. The summed E-state index contributed by atoms with van der Waals surface area (Å²) in [5.41, 5.74) is 0.118. The minimum absolute atomic E-state index is 0.118. The summed E-state index contributed by atoms with van der Waals surface area (Å²) in [7, 11) is 0. The monoisotopic (exact) mass is 302 g/mol. The topological polar surface area (TPSA) is 0 Å². The molecule has 0 spiro atoms. The summed E-state index contributed by atoms with van der Waals surface area (Å²) in [5, 5.41) is 7.90. The third-order valence-corrected chi connectivity index (χ3v) is 4.78. The van der Waals surface area contributed by atoms with Crippen molar-refractivity contribution in [2.75, 3.05) is 0 Å². The van der Waals surface area contributed by atoms with Crippen molar-refractivity contribution in [3.05, 3.63) is 72.3 Å². The zero-order valence-corrected chi connectivity index (χ0v) is 12.2. The van der Waals surface area contributed by atoms with Crippen molar-refractivity contribution in [2.24, 2.45) is 0 Å². The Morgan fingerprint density at radius 2 is 1.13 bits per heavy atom. The molecule has 0 atom stereocenters. The summed E-state index contributed by atoms with van der Waals surface area (Å²) in [4.78, 5) is 0. The van der Waals surface area contributed by atoms with E-state index in [-0.39, 0.29) is 5.56 Å². The van der Waals surface area contributed by atoms with Crippen LogP contribution in [0.4, 0.5) is 8.78 Å². The zero-order valence-electron chi connectivity index (χ0n) is 12.2. The fraction of sp³-hybridized carbons (Fsp3) is 0.0476. The highest BCUT2D eigenvalue weighted by Crippen LogP contribution is 2.43. The Hall–Kier alpha value is -2.74. The average molecular weight is 302 g/mol. The molecule has 0 radical (unpaired) electrons. The highest BCUT2D eigenvalue weighted by atomic mass is 19.3. The molecule has 5 aromatic rings. The average Bonchev–Trinajstić information content (AvgIpc) is 2.60. The van der Waals surface area contributed by atoms with Crippen molar-refractivity contribution in [2.45, 2.75) is 6.43 Å². The number of alkyl halides is 2. The van der Waals surface area contributed by atoms with E-state index in [0.29, 0.717) is 5.39 Å². The Labute approximate surface area is 131 Å². The fourth-order valence-corrected chi connectivity index (χ4v) is 3.84. The Kier molecular flexibility index (Phi) is 2.44. The lowest BCUT2D eigenvalue weighted by Gasteiger charge is -2.17. The molecule has 0 N–H and O–H groups in total. The van der Waals surface area contributed by atoms with Crippen molar-refractivity contribution in [1.29, 1.82) is 0 Å². The number of hydrogen-bond donors (Lipinski definition) is 0. The Morgan fingerprint density at radius 3 is 1.91 bits per heavy atom. The number of fused-ring (bicyclic) bond motifs is 3. The molecule has 2 heteroatoms. The molecule has 0 saturated heterocycles. The maximum atomic E-state index is 13.7. The predicted octanol–water partition coefficient (Wildman–Crippen LogP) is 6.67. The van der Waals surface area contributed by atoms with Gasteiger partial charge in [-0.3, -0.25) is 0 Å². The largest absolute Gasteiger partial charge is 0.264 e. The third-order valence-electron chi connectivity index (χ3n) is 4.78. The van der Waals surface area contributed by atoms with Crippen LogP contribution in [-0.2, 0) is 0 Å². The van der Waals surface area contributed by atoms with Gasteiger partial charge in [0.2, 0.25) is 0 Å². The van der Waals surface area contributed by atoms with Gasteiger partial charge >= 0.3 is 0 Å². The highest BCUT2D eigenvalue weighted by molar-refractivity contribution is 6.34. The second-order valence-electron chi connectivity index (χ2n) is 5.94. The van der Waals surface area contributed by atoms with Crippen molar-refractivity contribution < 1.29 is 8.78 Å². The summed E-state index contributed by atoms with van der Waals surface area (Å²) < 4.78 is 27.3. The molecule has 0 amide bonds. The van der Waals surface area contributed by atoms with Gasteiger partial charge in [0, 0.05) is 5.56 Å². The minimum atomic E-state index is -2.48. The predicted molar refractivity (Wildman–Crippen MR) is 92.6 cm³/mol. The second-order valence-corrected chi connectivity index (χ2v) is 5.94. The van der Waals surface area contributed by atoms with Crippen LogP contribution in [0.5, 0.6) is 0 Å². The SMILES string of the molecule is FC(F)c1ccc2ccc3cccc4c5ccccc5c1c2c34. The number of rotatable bonds is 1. The van der Waals surface area contributed by atoms with E-state index in [1.54, 1.807) is 6.07 Å². The van der Waals surface area contributed by atoms with E-state index < -0.39 is 6.43 Å². The van der Waals surface area contributed by atoms with Crippen LogP contribution in [0.15, 0.2) is 66.7 Å². The van der Waals surface area contributed by atoms with Gasteiger partial charge in [-0.05, 0) is 43.1 Å². The van der Waals surface area contributed by atoms with E-state index >= 15 is 0 Å². The van der Waals surface area contributed by atoms with Gasteiger partial charge in [0.05, 0.1) is 0 Å². The molecule has 0 fully saturated rings. The summed E-state index contributed by atoms with van der Waals surface area (Å²) in [6, 6.07) is 21.5. The third kappa shape index (κ3) is 1.58. The van der Waals surface area contributed by atoms with Gasteiger partial charge in [0.25, 0.3) is 6.43 Å². The summed E-state index contributed by atoms with van der Waals surface area (Å²) in [6.07, 6.45) is -2.48. The fourth-order valence-electron chi connectivity index (χ4n) is 3.84. The first-order valence-corrected chi connectivity index (χ1v) is 7.62. The van der Waals surface area contributed by atoms with Crippen LogP contribution in [0.2, 0.25) is 0 Å². The lowest BCUT2D eigenvalue weighted by atomic mass is 9.87. The molecule has 110 valence electrons. The molecule has 0 nitrogen and oxygen atoms in total. The van der Waals surface area contributed by atoms with Crippen molar-refractivity contribution in [3.63, 3.8) is 0 Å². The molecule has 5 aromatic carbocycles. The molecule has 0 heterocycles. The van der Waals surface area contributed by atoms with Crippen molar-refractivity contribution in [3.8, 4) is 0 Å². The van der Waals surface area contributed by atoms with Gasteiger partial charge in [0.1, 0.15) is 0 Å². The Balaban J connectivity index is 2.26. The van der Waals surface area contributed by atoms with Crippen LogP contribution in [0.25, 0.3) is 43.1 Å². The maximum absolute atomic E-state index is 13.7. The van der Waals surface area contributed by atoms with E-state index in [2.05, 4.69) is 12.1 Å². The van der Waals surface area contributed by atoms with Crippen LogP contribution in [0.3, 0.4) is 0 Å². The van der Waals surface area contributed by atoms with Crippen molar-refractivity contribution >= 4 is 43.1 Å². The second kappa shape index (κ2) is 4.39. The van der Waals surface area contributed by atoms with E-state index in [1.165, 1.54) is 0 Å². The highest BCUT2D eigenvalue weighted by Gasteiger charge is 2.19. The summed E-state index contributed by atoms with van der Waals surface area (Å²) in [5.74, 6) is 0. The standard InChI is InChI=1S/C21H12F2/c22-21(23)17-11-10-13-9-8-12-4-3-7-15-14-5-1-2-6-16(14)20(17)19(13)18(12)15/h1-11,21H. The lowest BCUT2D eigenvalue weighted by molar-refractivity contribution is 0.153. The van der Waals surface area contributed by atoms with E-state index in [0.717, 1.165) is 37.7 Å². The summed E-state index contributed by atoms with van der Waals surface area (Å²) in [6.45, 7) is 0. The van der Waals surface area contributed by atoms with Crippen molar-refractivity contribution in [1.82, 2.24) is 0 Å². The molecular weight excluding hydrogens is 290 g/mol.